The summed E-state index contributed by atoms with van der Waals surface area (Å²) in [5, 5.41) is 1.34. The second kappa shape index (κ2) is 5.64. The van der Waals surface area contributed by atoms with Crippen LogP contribution in [0.3, 0.4) is 0 Å². The Bertz CT molecular complexity index is 579. The molecule has 0 N–H and O–H groups in total. The minimum absolute atomic E-state index is 0.0853. The number of halogens is 3. The highest BCUT2D eigenvalue weighted by Crippen LogP contribution is 2.37. The van der Waals surface area contributed by atoms with Crippen LogP contribution in [0.4, 0.5) is 0 Å². The molecule has 2 aromatic carbocycles. The molecule has 0 aliphatic heterocycles. The maximum atomic E-state index is 6.25. The van der Waals surface area contributed by atoms with Crippen molar-refractivity contribution >= 4 is 39.1 Å². The maximum absolute atomic E-state index is 6.25. The summed E-state index contributed by atoms with van der Waals surface area (Å²) in [5.74, 6) is 0. The fourth-order valence-electron chi connectivity index (χ4n) is 1.91. The fourth-order valence-corrected chi connectivity index (χ4v) is 3.45. The molecule has 1 atom stereocenters. The Morgan fingerprint density at radius 3 is 2.33 bits per heavy atom. The molecule has 0 saturated carbocycles. The highest BCUT2D eigenvalue weighted by Gasteiger charge is 2.16. The van der Waals surface area contributed by atoms with E-state index in [4.69, 9.17) is 23.2 Å². The van der Waals surface area contributed by atoms with E-state index in [0.717, 1.165) is 5.56 Å². The molecule has 0 aliphatic carbocycles. The fraction of sp³-hybridized carbons (Fsp3) is 0.200. The maximum Gasteiger partial charge on any atom is 0.0661 e. The summed E-state index contributed by atoms with van der Waals surface area (Å²) >= 11 is 15.9. The van der Waals surface area contributed by atoms with Crippen LogP contribution in [-0.2, 0) is 0 Å². The first-order valence-electron chi connectivity index (χ1n) is 5.65. The molecule has 2 aromatic rings. The van der Waals surface area contributed by atoms with Crippen LogP contribution in [0.25, 0.3) is 0 Å². The molecule has 0 heterocycles. The quantitative estimate of drug-likeness (QED) is 0.578. The van der Waals surface area contributed by atoms with Crippen molar-refractivity contribution in [3.05, 3.63) is 68.7 Å². The number of alkyl halides is 1. The van der Waals surface area contributed by atoms with Gasteiger partial charge in [-0.3, -0.25) is 0 Å². The van der Waals surface area contributed by atoms with Gasteiger partial charge in [-0.25, -0.2) is 0 Å². The van der Waals surface area contributed by atoms with Crippen LogP contribution >= 0.6 is 39.1 Å². The molecule has 0 aliphatic rings. The van der Waals surface area contributed by atoms with E-state index in [-0.39, 0.29) is 4.83 Å². The van der Waals surface area contributed by atoms with Gasteiger partial charge >= 0.3 is 0 Å². The lowest BCUT2D eigenvalue weighted by Crippen LogP contribution is -1.97. The predicted molar refractivity (Wildman–Crippen MR) is 83.1 cm³/mol. The minimum Gasteiger partial charge on any atom is -0.0843 e. The smallest absolute Gasteiger partial charge is 0.0661 e. The van der Waals surface area contributed by atoms with E-state index in [1.165, 1.54) is 16.7 Å². The third-order valence-electron chi connectivity index (χ3n) is 2.94. The normalized spacial score (nSPS) is 12.5. The van der Waals surface area contributed by atoms with Crippen molar-refractivity contribution in [1.29, 1.82) is 0 Å². The first kappa shape index (κ1) is 13.9. The molecule has 94 valence electrons. The van der Waals surface area contributed by atoms with Gasteiger partial charge in [0.25, 0.3) is 0 Å². The molecule has 0 spiro atoms. The summed E-state index contributed by atoms with van der Waals surface area (Å²) in [4.78, 5) is 0.0853. The van der Waals surface area contributed by atoms with E-state index in [0.29, 0.717) is 10.0 Å². The number of rotatable bonds is 2. The van der Waals surface area contributed by atoms with Gasteiger partial charge in [0.2, 0.25) is 0 Å². The lowest BCUT2D eigenvalue weighted by molar-refractivity contribution is 1.13. The van der Waals surface area contributed by atoms with E-state index in [1.807, 2.05) is 12.1 Å². The van der Waals surface area contributed by atoms with E-state index in [1.54, 1.807) is 6.07 Å². The van der Waals surface area contributed by atoms with E-state index in [2.05, 4.69) is 48.0 Å². The van der Waals surface area contributed by atoms with Crippen LogP contribution < -0.4 is 0 Å². The van der Waals surface area contributed by atoms with Crippen molar-refractivity contribution in [1.82, 2.24) is 0 Å². The Balaban J connectivity index is 2.47. The molecule has 2 rings (SSSR count). The van der Waals surface area contributed by atoms with Gasteiger partial charge < -0.3 is 0 Å². The van der Waals surface area contributed by atoms with E-state index in [9.17, 15) is 0 Å². The molecule has 0 fully saturated rings. The predicted octanol–water partition coefficient (Wildman–Crippen LogP) is 6.09. The summed E-state index contributed by atoms with van der Waals surface area (Å²) in [6, 6.07) is 12.0. The molecule has 0 aromatic heterocycles. The van der Waals surface area contributed by atoms with Crippen molar-refractivity contribution in [3.8, 4) is 0 Å². The van der Waals surface area contributed by atoms with E-state index >= 15 is 0 Å². The van der Waals surface area contributed by atoms with Crippen molar-refractivity contribution in [2.45, 2.75) is 18.7 Å². The SMILES string of the molecule is Cc1ccc(C)c(C(Br)c2ccc(Cl)cc2Cl)c1. The average Bonchev–Trinajstić information content (AvgIpc) is 2.31. The highest BCUT2D eigenvalue weighted by molar-refractivity contribution is 9.09. The van der Waals surface area contributed by atoms with Gasteiger partial charge in [0, 0.05) is 10.0 Å². The average molecular weight is 344 g/mol. The van der Waals surface area contributed by atoms with Gasteiger partial charge in [0.05, 0.1) is 4.83 Å². The molecule has 0 nitrogen and oxygen atoms in total. The summed E-state index contributed by atoms with van der Waals surface area (Å²) in [7, 11) is 0. The van der Waals surface area contributed by atoms with Gasteiger partial charge in [-0.1, -0.05) is 69.0 Å². The molecule has 1 unspecified atom stereocenters. The first-order valence-corrected chi connectivity index (χ1v) is 7.32. The van der Waals surface area contributed by atoms with Gasteiger partial charge in [0.15, 0.2) is 0 Å². The van der Waals surface area contributed by atoms with Crippen molar-refractivity contribution in [2.24, 2.45) is 0 Å². The molecule has 0 bridgehead atoms. The number of hydrogen-bond acceptors (Lipinski definition) is 0. The zero-order chi connectivity index (χ0) is 13.3. The minimum atomic E-state index is 0.0853. The lowest BCUT2D eigenvalue weighted by atomic mass is 9.98. The molecule has 3 heteroatoms. The van der Waals surface area contributed by atoms with Crippen LogP contribution in [0.5, 0.6) is 0 Å². The van der Waals surface area contributed by atoms with Crippen LogP contribution in [0.15, 0.2) is 36.4 Å². The lowest BCUT2D eigenvalue weighted by Gasteiger charge is -2.16. The molecule has 0 radical (unpaired) electrons. The van der Waals surface area contributed by atoms with Gasteiger partial charge in [-0.05, 0) is 42.7 Å². The largest absolute Gasteiger partial charge is 0.0843 e. The van der Waals surface area contributed by atoms with Gasteiger partial charge in [0.1, 0.15) is 0 Å². The summed E-state index contributed by atoms with van der Waals surface area (Å²) in [5.41, 5.74) is 4.76. The highest BCUT2D eigenvalue weighted by atomic mass is 79.9. The second-order valence-corrected chi connectivity index (χ2v) is 6.15. The van der Waals surface area contributed by atoms with Crippen LogP contribution in [0, 0.1) is 13.8 Å². The van der Waals surface area contributed by atoms with E-state index < -0.39 is 0 Å². The van der Waals surface area contributed by atoms with Gasteiger partial charge in [-0.2, -0.15) is 0 Å². The van der Waals surface area contributed by atoms with Crippen LogP contribution in [0.2, 0.25) is 10.0 Å². The third-order valence-corrected chi connectivity index (χ3v) is 4.49. The topological polar surface area (TPSA) is 0 Å². The van der Waals surface area contributed by atoms with Crippen molar-refractivity contribution < 1.29 is 0 Å². The first-order chi connectivity index (χ1) is 8.49. The number of benzene rings is 2. The Kier molecular flexibility index (Phi) is 4.37. The summed E-state index contributed by atoms with van der Waals surface area (Å²) < 4.78 is 0. The standard InChI is InChI=1S/C15H13BrCl2/c1-9-3-4-10(2)13(7-9)15(16)12-6-5-11(17)8-14(12)18/h3-8,15H,1-2H3. The Morgan fingerprint density at radius 2 is 1.67 bits per heavy atom. The van der Waals surface area contributed by atoms with Crippen molar-refractivity contribution in [2.75, 3.05) is 0 Å². The number of aryl methyl sites for hydroxylation is 2. The van der Waals surface area contributed by atoms with Crippen molar-refractivity contribution in [3.63, 3.8) is 0 Å². The molecular weight excluding hydrogens is 331 g/mol. The monoisotopic (exact) mass is 342 g/mol. The Morgan fingerprint density at radius 1 is 0.944 bits per heavy atom. The Hall–Kier alpha value is -0.500. The summed E-state index contributed by atoms with van der Waals surface area (Å²) in [6.45, 7) is 4.19. The van der Waals surface area contributed by atoms with Crippen LogP contribution in [-0.4, -0.2) is 0 Å². The zero-order valence-corrected chi connectivity index (χ0v) is 13.3. The Labute approximate surface area is 126 Å². The molecule has 0 saturated heterocycles. The summed E-state index contributed by atoms with van der Waals surface area (Å²) in [6.07, 6.45) is 0. The molecular formula is C15H13BrCl2. The third kappa shape index (κ3) is 2.90. The van der Waals surface area contributed by atoms with Crippen LogP contribution in [0.1, 0.15) is 27.1 Å². The molecule has 0 amide bonds. The second-order valence-electron chi connectivity index (χ2n) is 4.39. The number of hydrogen-bond donors (Lipinski definition) is 0. The molecule has 18 heavy (non-hydrogen) atoms. The zero-order valence-electron chi connectivity index (χ0n) is 10.2. The van der Waals surface area contributed by atoms with Gasteiger partial charge in [-0.15, -0.1) is 0 Å².